The van der Waals surface area contributed by atoms with E-state index in [9.17, 15) is 13.6 Å². The monoisotopic (exact) mass is 400 g/mol. The van der Waals surface area contributed by atoms with E-state index in [1.54, 1.807) is 17.0 Å². The van der Waals surface area contributed by atoms with Gasteiger partial charge in [0.2, 0.25) is 0 Å². The van der Waals surface area contributed by atoms with Gasteiger partial charge in [0.1, 0.15) is 5.60 Å². The number of carbonyl (C=O) groups excluding carboxylic acids is 1. The van der Waals surface area contributed by atoms with Gasteiger partial charge in [-0.15, -0.1) is 0 Å². The Balaban J connectivity index is 1.74. The van der Waals surface area contributed by atoms with Gasteiger partial charge in [-0.05, 0) is 45.4 Å². The summed E-state index contributed by atoms with van der Waals surface area (Å²) in [6.07, 6.45) is -0.449. The molecule has 3 atom stereocenters. The number of nitrogens with zero attached hydrogens (tertiary/aromatic N) is 2. The number of alkyl halides is 2. The molecule has 1 aromatic carbocycles. The molecule has 1 aromatic rings. The molecule has 0 N–H and O–H groups in total. The fourth-order valence-electron chi connectivity index (χ4n) is 3.76. The van der Waals surface area contributed by atoms with Crippen LogP contribution >= 0.6 is 11.6 Å². The largest absolute Gasteiger partial charge is 0.444 e. The van der Waals surface area contributed by atoms with Gasteiger partial charge in [0.15, 0.2) is 0 Å². The van der Waals surface area contributed by atoms with Gasteiger partial charge < -0.3 is 9.64 Å². The summed E-state index contributed by atoms with van der Waals surface area (Å²) in [6.45, 7) is 8.94. The summed E-state index contributed by atoms with van der Waals surface area (Å²) in [5.41, 5.74) is 0.287. The lowest BCUT2D eigenvalue weighted by Gasteiger charge is -2.43. The zero-order valence-electron chi connectivity index (χ0n) is 16.2. The van der Waals surface area contributed by atoms with Crippen LogP contribution in [0.25, 0.3) is 0 Å². The Bertz CT molecular complexity index is 690. The Labute approximate surface area is 164 Å². The van der Waals surface area contributed by atoms with Crippen molar-refractivity contribution in [1.82, 2.24) is 9.80 Å². The first kappa shape index (κ1) is 20.3. The Morgan fingerprint density at radius 2 is 1.85 bits per heavy atom. The molecular formula is C20H27ClF2N2O2. The molecule has 1 saturated heterocycles. The lowest BCUT2D eigenvalue weighted by Crippen LogP contribution is -2.56. The molecule has 3 unspecified atom stereocenters. The molecule has 4 nitrogen and oxygen atoms in total. The van der Waals surface area contributed by atoms with Crippen molar-refractivity contribution in [2.24, 2.45) is 5.92 Å². The molecule has 1 amide bonds. The number of halogens is 3. The van der Waals surface area contributed by atoms with E-state index in [1.807, 2.05) is 39.8 Å². The van der Waals surface area contributed by atoms with Gasteiger partial charge in [0.05, 0.1) is 0 Å². The first-order valence-corrected chi connectivity index (χ1v) is 9.73. The summed E-state index contributed by atoms with van der Waals surface area (Å²) in [7, 11) is 0. The number of hydrogen-bond acceptors (Lipinski definition) is 3. The number of benzene rings is 1. The number of hydrogen-bond donors (Lipinski definition) is 0. The maximum atomic E-state index is 13.9. The van der Waals surface area contributed by atoms with Crippen molar-refractivity contribution in [2.45, 2.75) is 57.7 Å². The van der Waals surface area contributed by atoms with Crippen molar-refractivity contribution in [3.63, 3.8) is 0 Å². The van der Waals surface area contributed by atoms with Crippen molar-refractivity contribution in [1.29, 1.82) is 0 Å². The number of piperazine rings is 1. The molecule has 1 aliphatic heterocycles. The van der Waals surface area contributed by atoms with E-state index in [0.29, 0.717) is 24.7 Å². The van der Waals surface area contributed by atoms with Crippen LogP contribution in [0.5, 0.6) is 0 Å². The highest BCUT2D eigenvalue weighted by Gasteiger charge is 2.62. The molecule has 0 bridgehead atoms. The molecule has 150 valence electrons. The minimum atomic E-state index is -2.63. The van der Waals surface area contributed by atoms with Crippen LogP contribution in [0.1, 0.15) is 45.7 Å². The molecular weight excluding hydrogens is 374 g/mol. The van der Waals surface area contributed by atoms with E-state index in [-0.39, 0.29) is 24.6 Å². The smallest absolute Gasteiger partial charge is 0.410 e. The Morgan fingerprint density at radius 3 is 2.33 bits per heavy atom. The van der Waals surface area contributed by atoms with Gasteiger partial charge in [-0.1, -0.05) is 23.7 Å². The van der Waals surface area contributed by atoms with Gasteiger partial charge in [-0.2, -0.15) is 0 Å². The predicted molar refractivity (Wildman–Crippen MR) is 101 cm³/mol. The van der Waals surface area contributed by atoms with Crippen LogP contribution < -0.4 is 0 Å². The summed E-state index contributed by atoms with van der Waals surface area (Å²) in [4.78, 5) is 16.2. The van der Waals surface area contributed by atoms with E-state index in [4.69, 9.17) is 16.3 Å². The standard InChI is InChI=1S/C20H27ClF2N2O2/c1-13-12-24(9-10-25(13)18(26)27-19(2,3)4)17(16-11-20(16,22)23)14-5-7-15(21)8-6-14/h5-8,13,16-17H,9-12H2,1-4H3. The molecule has 1 heterocycles. The average Bonchev–Trinajstić information content (AvgIpc) is 3.15. The fourth-order valence-corrected chi connectivity index (χ4v) is 3.89. The third kappa shape index (κ3) is 4.72. The van der Waals surface area contributed by atoms with E-state index in [1.165, 1.54) is 0 Å². The lowest BCUT2D eigenvalue weighted by molar-refractivity contribution is -0.0122. The molecule has 0 aromatic heterocycles. The first-order chi connectivity index (χ1) is 12.5. The zero-order valence-corrected chi connectivity index (χ0v) is 17.0. The van der Waals surface area contributed by atoms with E-state index in [0.717, 1.165) is 5.56 Å². The second-order valence-corrected chi connectivity index (χ2v) is 9.02. The van der Waals surface area contributed by atoms with Gasteiger partial charge >= 0.3 is 6.09 Å². The van der Waals surface area contributed by atoms with Crippen molar-refractivity contribution < 1.29 is 18.3 Å². The van der Waals surface area contributed by atoms with Crippen LogP contribution in [0, 0.1) is 5.92 Å². The zero-order chi connectivity index (χ0) is 20.0. The topological polar surface area (TPSA) is 32.8 Å². The third-order valence-electron chi connectivity index (χ3n) is 5.15. The second kappa shape index (κ2) is 7.21. The van der Waals surface area contributed by atoms with E-state index < -0.39 is 17.4 Å². The molecule has 2 aliphatic rings. The molecule has 0 spiro atoms. The van der Waals surface area contributed by atoms with Crippen molar-refractivity contribution in [2.75, 3.05) is 19.6 Å². The SMILES string of the molecule is CC1CN(C(c2ccc(Cl)cc2)C2CC2(F)F)CCN1C(=O)OC(C)(C)C. The Hall–Kier alpha value is -1.40. The van der Waals surface area contributed by atoms with Gasteiger partial charge in [-0.25, -0.2) is 13.6 Å². The summed E-state index contributed by atoms with van der Waals surface area (Å²) in [5.74, 6) is -3.32. The fraction of sp³-hybridized carbons (Fsp3) is 0.650. The summed E-state index contributed by atoms with van der Waals surface area (Å²) < 4.78 is 33.3. The quantitative estimate of drug-likeness (QED) is 0.717. The van der Waals surface area contributed by atoms with Crippen LogP contribution in [0.15, 0.2) is 24.3 Å². The molecule has 2 fully saturated rings. The summed E-state index contributed by atoms with van der Waals surface area (Å²) in [6, 6.07) is 6.64. The van der Waals surface area contributed by atoms with Crippen molar-refractivity contribution in [3.05, 3.63) is 34.9 Å². The van der Waals surface area contributed by atoms with Crippen LogP contribution in [0.3, 0.4) is 0 Å². The summed E-state index contributed by atoms with van der Waals surface area (Å²) >= 11 is 5.96. The van der Waals surface area contributed by atoms with E-state index in [2.05, 4.69) is 4.90 Å². The highest BCUT2D eigenvalue weighted by molar-refractivity contribution is 6.30. The molecule has 3 rings (SSSR count). The second-order valence-electron chi connectivity index (χ2n) is 8.59. The average molecular weight is 401 g/mol. The maximum Gasteiger partial charge on any atom is 0.410 e. The number of rotatable bonds is 3. The molecule has 27 heavy (non-hydrogen) atoms. The van der Waals surface area contributed by atoms with Crippen molar-refractivity contribution in [3.8, 4) is 0 Å². The maximum absolute atomic E-state index is 13.9. The van der Waals surface area contributed by atoms with E-state index >= 15 is 0 Å². The van der Waals surface area contributed by atoms with Crippen LogP contribution in [-0.2, 0) is 4.74 Å². The highest BCUT2D eigenvalue weighted by atomic mass is 35.5. The van der Waals surface area contributed by atoms with Gasteiger partial charge in [-0.3, -0.25) is 4.90 Å². The Kier molecular flexibility index (Phi) is 5.43. The number of ether oxygens (including phenoxy) is 1. The minimum absolute atomic E-state index is 0.0963. The predicted octanol–water partition coefficient (Wildman–Crippen LogP) is 4.98. The summed E-state index contributed by atoms with van der Waals surface area (Å²) in [5, 5.41) is 0.586. The molecule has 7 heteroatoms. The van der Waals surface area contributed by atoms with Crippen LogP contribution in [0.4, 0.5) is 13.6 Å². The third-order valence-corrected chi connectivity index (χ3v) is 5.40. The molecule has 0 radical (unpaired) electrons. The number of carbonyl (C=O) groups is 1. The van der Waals surface area contributed by atoms with Crippen LogP contribution in [0.2, 0.25) is 5.02 Å². The Morgan fingerprint density at radius 1 is 1.26 bits per heavy atom. The van der Waals surface area contributed by atoms with Crippen LogP contribution in [-0.4, -0.2) is 53.1 Å². The minimum Gasteiger partial charge on any atom is -0.444 e. The molecule has 1 aliphatic carbocycles. The van der Waals surface area contributed by atoms with Gasteiger partial charge in [0.25, 0.3) is 5.92 Å². The highest BCUT2D eigenvalue weighted by Crippen LogP contribution is 2.57. The first-order valence-electron chi connectivity index (χ1n) is 9.35. The lowest BCUT2D eigenvalue weighted by atomic mass is 9.98. The van der Waals surface area contributed by atoms with Crippen molar-refractivity contribution >= 4 is 17.7 Å². The van der Waals surface area contributed by atoms with Gasteiger partial charge in [0, 0.05) is 49.1 Å². The molecule has 1 saturated carbocycles. The number of amides is 1. The normalized spacial score (nSPS) is 26.6.